The van der Waals surface area contributed by atoms with E-state index in [9.17, 15) is 4.79 Å². The van der Waals surface area contributed by atoms with Crippen molar-refractivity contribution in [2.24, 2.45) is 11.3 Å². The molecule has 1 aliphatic carbocycles. The molecular weight excluding hydrogens is 322 g/mol. The summed E-state index contributed by atoms with van der Waals surface area (Å²) in [7, 11) is 0. The number of esters is 1. The van der Waals surface area contributed by atoms with Gasteiger partial charge in [-0.1, -0.05) is 44.2 Å². The number of hydrogen-bond donors (Lipinski definition) is 0. The third-order valence-electron chi connectivity index (χ3n) is 5.58. The molecule has 1 aromatic heterocycles. The fourth-order valence-electron chi connectivity index (χ4n) is 3.72. The summed E-state index contributed by atoms with van der Waals surface area (Å²) in [5.41, 5.74) is 2.72. The molecule has 0 saturated heterocycles. The smallest absolute Gasteiger partial charge is 0.315 e. The van der Waals surface area contributed by atoms with Gasteiger partial charge in [-0.3, -0.25) is 9.78 Å². The van der Waals surface area contributed by atoms with Crippen LogP contribution in [0.2, 0.25) is 0 Å². The molecule has 0 radical (unpaired) electrons. The van der Waals surface area contributed by atoms with E-state index in [4.69, 9.17) is 9.72 Å². The van der Waals surface area contributed by atoms with Crippen molar-refractivity contribution >= 4 is 22.9 Å². The van der Waals surface area contributed by atoms with Crippen molar-refractivity contribution < 1.29 is 9.53 Å². The molecule has 0 atom stereocenters. The molecule has 0 aliphatic heterocycles. The van der Waals surface area contributed by atoms with E-state index >= 15 is 0 Å². The Morgan fingerprint density at radius 3 is 2.65 bits per heavy atom. The van der Waals surface area contributed by atoms with Gasteiger partial charge >= 0.3 is 5.97 Å². The molecule has 0 N–H and O–H groups in total. The van der Waals surface area contributed by atoms with Crippen LogP contribution < -0.4 is 0 Å². The molecule has 0 spiro atoms. The van der Waals surface area contributed by atoms with Gasteiger partial charge in [0.15, 0.2) is 0 Å². The molecule has 1 aromatic carbocycles. The van der Waals surface area contributed by atoms with Crippen LogP contribution in [0.3, 0.4) is 0 Å². The van der Waals surface area contributed by atoms with Crippen molar-refractivity contribution in [1.29, 1.82) is 0 Å². The molecule has 3 rings (SSSR count). The predicted octanol–water partition coefficient (Wildman–Crippen LogP) is 5.57. The van der Waals surface area contributed by atoms with E-state index in [1.807, 2.05) is 6.92 Å². The quantitative estimate of drug-likeness (QED) is 0.661. The van der Waals surface area contributed by atoms with Crippen LogP contribution in [-0.2, 0) is 16.0 Å². The van der Waals surface area contributed by atoms with Crippen molar-refractivity contribution in [2.75, 3.05) is 6.61 Å². The second-order valence-corrected chi connectivity index (χ2v) is 7.50. The third-order valence-corrected chi connectivity index (χ3v) is 5.58. The SMILES string of the molecule is CCOC(=O)C1(/C=C/c2ccc3ccc(CC)nc3c2)CCC(C)CC1. The molecule has 1 aliphatic rings. The topological polar surface area (TPSA) is 39.2 Å². The van der Waals surface area contributed by atoms with Crippen LogP contribution in [0.5, 0.6) is 0 Å². The second-order valence-electron chi connectivity index (χ2n) is 7.50. The van der Waals surface area contributed by atoms with Gasteiger partial charge in [0.2, 0.25) is 0 Å². The van der Waals surface area contributed by atoms with Crippen molar-refractivity contribution in [2.45, 2.75) is 52.9 Å². The zero-order chi connectivity index (χ0) is 18.6. The van der Waals surface area contributed by atoms with Crippen molar-refractivity contribution in [3.63, 3.8) is 0 Å². The van der Waals surface area contributed by atoms with E-state index in [0.29, 0.717) is 12.5 Å². The van der Waals surface area contributed by atoms with E-state index in [1.54, 1.807) is 0 Å². The average Bonchev–Trinajstić information content (AvgIpc) is 2.67. The molecule has 1 fully saturated rings. The Morgan fingerprint density at radius 1 is 1.23 bits per heavy atom. The number of rotatable bonds is 5. The normalized spacial score (nSPS) is 23.4. The zero-order valence-corrected chi connectivity index (χ0v) is 16.1. The maximum absolute atomic E-state index is 12.7. The van der Waals surface area contributed by atoms with Gasteiger partial charge in [0, 0.05) is 11.1 Å². The Balaban J connectivity index is 1.89. The maximum Gasteiger partial charge on any atom is 0.315 e. The highest BCUT2D eigenvalue weighted by molar-refractivity contribution is 5.83. The number of ether oxygens (including phenoxy) is 1. The van der Waals surface area contributed by atoms with Gasteiger partial charge in [0.1, 0.15) is 0 Å². The van der Waals surface area contributed by atoms with E-state index in [2.05, 4.69) is 56.3 Å². The van der Waals surface area contributed by atoms with Crippen LogP contribution >= 0.6 is 0 Å². The molecule has 26 heavy (non-hydrogen) atoms. The summed E-state index contributed by atoms with van der Waals surface area (Å²) in [6.45, 7) is 6.69. The summed E-state index contributed by atoms with van der Waals surface area (Å²) in [4.78, 5) is 17.4. The van der Waals surface area contributed by atoms with Crippen molar-refractivity contribution in [1.82, 2.24) is 4.98 Å². The lowest BCUT2D eigenvalue weighted by Crippen LogP contribution is -2.35. The van der Waals surface area contributed by atoms with Gasteiger partial charge < -0.3 is 4.74 Å². The molecule has 1 heterocycles. The number of hydrogen-bond acceptors (Lipinski definition) is 3. The molecular formula is C23H29NO2. The summed E-state index contributed by atoms with van der Waals surface area (Å²) >= 11 is 0. The first-order valence-corrected chi connectivity index (χ1v) is 9.82. The largest absolute Gasteiger partial charge is 0.465 e. The van der Waals surface area contributed by atoms with Crippen LogP contribution in [0.1, 0.15) is 57.7 Å². The van der Waals surface area contributed by atoms with Crippen LogP contribution in [0.4, 0.5) is 0 Å². The minimum Gasteiger partial charge on any atom is -0.465 e. The molecule has 3 nitrogen and oxygen atoms in total. The van der Waals surface area contributed by atoms with Crippen LogP contribution in [0.25, 0.3) is 17.0 Å². The van der Waals surface area contributed by atoms with Crippen molar-refractivity contribution in [3.05, 3.63) is 47.7 Å². The Kier molecular flexibility index (Phi) is 5.75. The van der Waals surface area contributed by atoms with Gasteiger partial charge in [-0.2, -0.15) is 0 Å². The molecule has 138 valence electrons. The minimum absolute atomic E-state index is 0.0738. The lowest BCUT2D eigenvalue weighted by molar-refractivity contribution is -0.154. The highest BCUT2D eigenvalue weighted by atomic mass is 16.5. The van der Waals surface area contributed by atoms with E-state index in [-0.39, 0.29) is 5.97 Å². The maximum atomic E-state index is 12.7. The number of aryl methyl sites for hydroxylation is 1. The highest BCUT2D eigenvalue weighted by Gasteiger charge is 2.40. The average molecular weight is 351 g/mol. The van der Waals surface area contributed by atoms with Gasteiger partial charge in [-0.15, -0.1) is 0 Å². The Morgan fingerprint density at radius 2 is 1.96 bits per heavy atom. The Labute approximate surface area is 156 Å². The zero-order valence-electron chi connectivity index (χ0n) is 16.1. The summed E-state index contributed by atoms with van der Waals surface area (Å²) in [5.74, 6) is 0.610. The summed E-state index contributed by atoms with van der Waals surface area (Å²) in [5, 5.41) is 1.14. The van der Waals surface area contributed by atoms with Crippen molar-refractivity contribution in [3.8, 4) is 0 Å². The molecule has 0 amide bonds. The van der Waals surface area contributed by atoms with Gasteiger partial charge in [0.25, 0.3) is 0 Å². The lowest BCUT2D eigenvalue weighted by atomic mass is 9.70. The number of nitrogens with zero attached hydrogens (tertiary/aromatic N) is 1. The van der Waals surface area contributed by atoms with E-state index in [0.717, 1.165) is 54.3 Å². The molecule has 0 bridgehead atoms. The minimum atomic E-state index is -0.476. The fourth-order valence-corrected chi connectivity index (χ4v) is 3.72. The number of fused-ring (bicyclic) bond motifs is 1. The third kappa shape index (κ3) is 3.98. The monoisotopic (exact) mass is 351 g/mol. The first kappa shape index (κ1) is 18.6. The van der Waals surface area contributed by atoms with Crippen LogP contribution in [0.15, 0.2) is 36.4 Å². The first-order valence-electron chi connectivity index (χ1n) is 9.82. The first-order chi connectivity index (χ1) is 12.6. The van der Waals surface area contributed by atoms with E-state index in [1.165, 1.54) is 0 Å². The van der Waals surface area contributed by atoms with Gasteiger partial charge in [0.05, 0.1) is 17.5 Å². The summed E-state index contributed by atoms with van der Waals surface area (Å²) < 4.78 is 5.41. The fraction of sp³-hybridized carbons (Fsp3) is 0.478. The molecule has 0 unspecified atom stereocenters. The highest BCUT2D eigenvalue weighted by Crippen LogP contribution is 2.41. The lowest BCUT2D eigenvalue weighted by Gasteiger charge is -2.34. The Hall–Kier alpha value is -2.16. The predicted molar refractivity (Wildman–Crippen MR) is 107 cm³/mol. The number of pyridine rings is 1. The number of carbonyl (C=O) groups is 1. The number of benzene rings is 1. The van der Waals surface area contributed by atoms with Crippen LogP contribution in [0, 0.1) is 11.3 Å². The second kappa shape index (κ2) is 8.03. The van der Waals surface area contributed by atoms with Gasteiger partial charge in [-0.05, 0) is 62.6 Å². The Bertz CT molecular complexity index is 801. The summed E-state index contributed by atoms with van der Waals surface area (Å²) in [6.07, 6.45) is 8.98. The summed E-state index contributed by atoms with van der Waals surface area (Å²) in [6, 6.07) is 10.5. The number of aromatic nitrogens is 1. The molecule has 3 heteroatoms. The van der Waals surface area contributed by atoms with Gasteiger partial charge in [-0.25, -0.2) is 0 Å². The number of carbonyl (C=O) groups excluding carboxylic acids is 1. The van der Waals surface area contributed by atoms with E-state index < -0.39 is 5.41 Å². The standard InChI is InChI=1S/C23H29NO2/c1-4-20-9-8-19-7-6-18(16-21(19)24-20)12-15-23(22(25)26-5-2)13-10-17(3)11-14-23/h6-9,12,15-17H,4-5,10-11,13-14H2,1-3H3/b15-12+. The molecule has 2 aromatic rings. The van der Waals surface area contributed by atoms with Crippen LogP contribution in [-0.4, -0.2) is 17.6 Å². The molecule has 1 saturated carbocycles.